The molecule has 0 aromatic rings. The van der Waals surface area contributed by atoms with E-state index < -0.39 is 7.82 Å². The third-order valence-corrected chi connectivity index (χ3v) is 5.72. The van der Waals surface area contributed by atoms with Crippen LogP contribution >= 0.6 is 7.82 Å². The number of phosphoric acid groups is 1. The van der Waals surface area contributed by atoms with Gasteiger partial charge in [0.2, 0.25) is 0 Å². The van der Waals surface area contributed by atoms with Gasteiger partial charge in [0.25, 0.3) is 0 Å². The fraction of sp³-hybridized carbons (Fsp3) is 0.917. The maximum absolute atomic E-state index is 10.4. The predicted octanol–water partition coefficient (Wildman–Crippen LogP) is 8.27. The molecule has 0 aliphatic carbocycles. The molecule has 29 heavy (non-hydrogen) atoms. The second kappa shape index (κ2) is 22.2. The van der Waals surface area contributed by atoms with Gasteiger partial charge in [-0.15, -0.1) is 0 Å². The van der Waals surface area contributed by atoms with Crippen LogP contribution < -0.4 is 0 Å². The Morgan fingerprint density at radius 2 is 0.897 bits per heavy atom. The average molecular weight is 431 g/mol. The van der Waals surface area contributed by atoms with Gasteiger partial charge < -0.3 is 4.52 Å². The van der Waals surface area contributed by atoms with Gasteiger partial charge in [0.15, 0.2) is 0 Å². The second-order valence-corrected chi connectivity index (χ2v) is 9.49. The van der Waals surface area contributed by atoms with Crippen molar-refractivity contribution in [2.24, 2.45) is 0 Å². The van der Waals surface area contributed by atoms with Gasteiger partial charge in [0.1, 0.15) is 6.11 Å². The van der Waals surface area contributed by atoms with Crippen molar-refractivity contribution < 1.29 is 18.9 Å². The lowest BCUT2D eigenvalue weighted by Crippen LogP contribution is -1.84. The highest BCUT2D eigenvalue weighted by atomic mass is 31.2. The molecule has 0 aromatic carbocycles. The average Bonchev–Trinajstić information content (AvgIpc) is 2.67. The summed E-state index contributed by atoms with van der Waals surface area (Å²) in [6.07, 6.45) is 29.9. The molecule has 0 aliphatic heterocycles. The molecule has 0 heterocycles. The van der Waals surface area contributed by atoms with Crippen LogP contribution in [-0.2, 0) is 9.09 Å². The monoisotopic (exact) mass is 430 g/mol. The third kappa shape index (κ3) is 27.5. The topological polar surface area (TPSA) is 66.8 Å². The van der Waals surface area contributed by atoms with E-state index >= 15 is 0 Å². The highest BCUT2D eigenvalue weighted by Crippen LogP contribution is 2.34. The van der Waals surface area contributed by atoms with Crippen LogP contribution in [0.1, 0.15) is 142 Å². The Labute approximate surface area is 180 Å². The molecular formula is C24H47O4P. The van der Waals surface area contributed by atoms with Crippen LogP contribution in [0.4, 0.5) is 0 Å². The van der Waals surface area contributed by atoms with Crippen LogP contribution in [0.2, 0.25) is 0 Å². The summed E-state index contributed by atoms with van der Waals surface area (Å²) in [5, 5.41) is 0. The predicted molar refractivity (Wildman–Crippen MR) is 124 cm³/mol. The fourth-order valence-electron chi connectivity index (χ4n) is 3.61. The molecule has 4 nitrogen and oxygen atoms in total. The summed E-state index contributed by atoms with van der Waals surface area (Å²) in [5.74, 6) is 2.64. The Hall–Kier alpha value is -0.490. The van der Waals surface area contributed by atoms with Crippen molar-refractivity contribution in [1.82, 2.24) is 0 Å². The van der Waals surface area contributed by atoms with Gasteiger partial charge in [0, 0.05) is 6.42 Å². The Bertz CT molecular complexity index is 436. The minimum Gasteiger partial charge on any atom is -0.350 e. The fourth-order valence-corrected chi connectivity index (χ4v) is 3.79. The second-order valence-electron chi connectivity index (χ2n) is 8.33. The van der Waals surface area contributed by atoms with Crippen molar-refractivity contribution in [2.45, 2.75) is 142 Å². The first-order valence-corrected chi connectivity index (χ1v) is 13.8. The molecule has 0 spiro atoms. The lowest BCUT2D eigenvalue weighted by molar-refractivity contribution is 0.269. The van der Waals surface area contributed by atoms with Crippen molar-refractivity contribution >= 4 is 7.82 Å². The summed E-state index contributed by atoms with van der Waals surface area (Å²) in [4.78, 5) is 17.0. The zero-order chi connectivity index (χ0) is 21.5. The number of hydrogen-bond donors (Lipinski definition) is 2. The van der Waals surface area contributed by atoms with Gasteiger partial charge >= 0.3 is 7.82 Å². The lowest BCUT2D eigenvalue weighted by Gasteiger charge is -2.04. The molecule has 0 unspecified atom stereocenters. The van der Waals surface area contributed by atoms with Gasteiger partial charge in [-0.05, 0) is 6.42 Å². The molecule has 0 bridgehead atoms. The smallest absolute Gasteiger partial charge is 0.350 e. The molecule has 0 atom stereocenters. The van der Waals surface area contributed by atoms with Crippen molar-refractivity contribution in [3.05, 3.63) is 0 Å². The Kier molecular flexibility index (Phi) is 21.8. The highest BCUT2D eigenvalue weighted by Gasteiger charge is 2.11. The number of unbranched alkanes of at least 4 members (excludes halogenated alkanes) is 20. The summed E-state index contributed by atoms with van der Waals surface area (Å²) in [6, 6.07) is 0. The minimum atomic E-state index is -4.44. The van der Waals surface area contributed by atoms with E-state index in [1.807, 2.05) is 0 Å². The summed E-state index contributed by atoms with van der Waals surface area (Å²) in [7, 11) is -4.44. The SMILES string of the molecule is CCCCCCCCCCCCCCCCCCCCCCC#COP(=O)(O)O. The van der Waals surface area contributed by atoms with Gasteiger partial charge in [-0.3, -0.25) is 9.79 Å². The first-order valence-electron chi connectivity index (χ1n) is 12.3. The minimum absolute atomic E-state index is 0.638. The molecule has 172 valence electrons. The zero-order valence-electron chi connectivity index (χ0n) is 19.0. The summed E-state index contributed by atoms with van der Waals surface area (Å²) < 4.78 is 14.5. The van der Waals surface area contributed by atoms with E-state index in [0.717, 1.165) is 12.8 Å². The number of phosphoric ester groups is 1. The lowest BCUT2D eigenvalue weighted by atomic mass is 10.0. The normalized spacial score (nSPS) is 11.3. The van der Waals surface area contributed by atoms with E-state index in [-0.39, 0.29) is 0 Å². The first-order chi connectivity index (χ1) is 14.1. The van der Waals surface area contributed by atoms with Crippen LogP contribution in [0, 0.1) is 12.0 Å². The van der Waals surface area contributed by atoms with E-state index in [9.17, 15) is 4.57 Å². The third-order valence-electron chi connectivity index (χ3n) is 5.39. The maximum Gasteiger partial charge on any atom is 0.533 e. The van der Waals surface area contributed by atoms with Gasteiger partial charge in [-0.2, -0.15) is 0 Å². The number of hydrogen-bond acceptors (Lipinski definition) is 2. The van der Waals surface area contributed by atoms with E-state index in [0.29, 0.717) is 6.42 Å². The standard InChI is InChI=1S/C24H47O4P/c1-2-3-4-5-6-7-8-9-10-11-12-13-14-15-16-17-18-19-20-21-22-23-24-28-29(25,26)27/h2-22H2,1H3,(H2,25,26,27). The van der Waals surface area contributed by atoms with E-state index in [1.54, 1.807) is 0 Å². The molecule has 0 aliphatic rings. The van der Waals surface area contributed by atoms with E-state index in [1.165, 1.54) is 116 Å². The largest absolute Gasteiger partial charge is 0.533 e. The van der Waals surface area contributed by atoms with Crippen molar-refractivity contribution in [1.29, 1.82) is 0 Å². The van der Waals surface area contributed by atoms with Crippen molar-refractivity contribution in [3.63, 3.8) is 0 Å². The van der Waals surface area contributed by atoms with Gasteiger partial charge in [-0.25, -0.2) is 4.57 Å². The Morgan fingerprint density at radius 3 is 1.21 bits per heavy atom. The maximum atomic E-state index is 10.4. The molecule has 0 amide bonds. The van der Waals surface area contributed by atoms with Gasteiger partial charge in [-0.1, -0.05) is 135 Å². The quantitative estimate of drug-likeness (QED) is 0.109. The van der Waals surface area contributed by atoms with Crippen LogP contribution in [0.5, 0.6) is 0 Å². The summed E-state index contributed by atoms with van der Waals surface area (Å²) in [6.45, 7) is 2.28. The van der Waals surface area contributed by atoms with Crippen LogP contribution in [0.25, 0.3) is 0 Å². The Balaban J connectivity index is 3.09. The molecule has 2 N–H and O–H groups in total. The summed E-state index contributed by atoms with van der Waals surface area (Å²) in [5.41, 5.74) is 0. The van der Waals surface area contributed by atoms with E-state index in [4.69, 9.17) is 9.79 Å². The molecule has 0 rings (SSSR count). The van der Waals surface area contributed by atoms with E-state index in [2.05, 4.69) is 23.5 Å². The molecular weight excluding hydrogens is 383 g/mol. The van der Waals surface area contributed by atoms with Crippen LogP contribution in [-0.4, -0.2) is 9.79 Å². The summed E-state index contributed by atoms with van der Waals surface area (Å²) >= 11 is 0. The molecule has 0 radical (unpaired) electrons. The molecule has 0 aromatic heterocycles. The highest BCUT2D eigenvalue weighted by molar-refractivity contribution is 7.46. The molecule has 5 heteroatoms. The number of rotatable bonds is 21. The Morgan fingerprint density at radius 1 is 0.586 bits per heavy atom. The molecule has 0 saturated heterocycles. The first kappa shape index (κ1) is 28.5. The van der Waals surface area contributed by atoms with Crippen molar-refractivity contribution in [2.75, 3.05) is 0 Å². The molecule has 0 fully saturated rings. The van der Waals surface area contributed by atoms with Crippen LogP contribution in [0.3, 0.4) is 0 Å². The van der Waals surface area contributed by atoms with Gasteiger partial charge in [0.05, 0.1) is 0 Å². The van der Waals surface area contributed by atoms with Crippen molar-refractivity contribution in [3.8, 4) is 12.0 Å². The molecule has 0 saturated carbocycles. The van der Waals surface area contributed by atoms with Crippen LogP contribution in [0.15, 0.2) is 0 Å². The zero-order valence-corrected chi connectivity index (χ0v) is 19.9.